The Balaban J connectivity index is 3.06. The topological polar surface area (TPSA) is 0 Å². The molecule has 0 bridgehead atoms. The standard InChI is InChI=1S/C13H20/c1-10(2)11-7-6-8-12(9-11)13(3,4)5/h6-10H,1-5H3. The van der Waals surface area contributed by atoms with Gasteiger partial charge in [0.2, 0.25) is 0 Å². The second-order valence-corrected chi connectivity index (χ2v) is 5.03. The third kappa shape index (κ3) is 2.58. The Morgan fingerprint density at radius 3 is 2.15 bits per heavy atom. The Kier molecular flexibility index (Phi) is 2.80. The van der Waals surface area contributed by atoms with Gasteiger partial charge in [-0.05, 0) is 22.5 Å². The zero-order chi connectivity index (χ0) is 10.1. The first-order valence-corrected chi connectivity index (χ1v) is 5.01. The van der Waals surface area contributed by atoms with Gasteiger partial charge in [0.15, 0.2) is 0 Å². The number of benzene rings is 1. The fraction of sp³-hybridized carbons (Fsp3) is 0.538. The molecule has 0 unspecified atom stereocenters. The maximum absolute atomic E-state index is 2.32. The Morgan fingerprint density at radius 1 is 1.08 bits per heavy atom. The van der Waals surface area contributed by atoms with Gasteiger partial charge in [0, 0.05) is 0 Å². The Labute approximate surface area is 82.0 Å². The van der Waals surface area contributed by atoms with Crippen molar-refractivity contribution in [1.82, 2.24) is 0 Å². The summed E-state index contributed by atoms with van der Waals surface area (Å²) < 4.78 is 0. The van der Waals surface area contributed by atoms with Crippen LogP contribution in [0.1, 0.15) is 51.7 Å². The van der Waals surface area contributed by atoms with E-state index in [2.05, 4.69) is 58.9 Å². The highest BCUT2D eigenvalue weighted by Gasteiger charge is 2.13. The van der Waals surface area contributed by atoms with Crippen molar-refractivity contribution < 1.29 is 0 Å². The van der Waals surface area contributed by atoms with Gasteiger partial charge in [0.25, 0.3) is 0 Å². The van der Waals surface area contributed by atoms with Crippen LogP contribution in [0.15, 0.2) is 24.3 Å². The van der Waals surface area contributed by atoms with Crippen molar-refractivity contribution in [3.63, 3.8) is 0 Å². The lowest BCUT2D eigenvalue weighted by molar-refractivity contribution is 0.588. The SMILES string of the molecule is CC(C)c1cccc(C(C)(C)C)c1. The summed E-state index contributed by atoms with van der Waals surface area (Å²) in [7, 11) is 0. The second kappa shape index (κ2) is 3.53. The van der Waals surface area contributed by atoms with E-state index < -0.39 is 0 Å². The molecule has 0 aliphatic carbocycles. The minimum Gasteiger partial charge on any atom is -0.0617 e. The first-order chi connectivity index (χ1) is 5.91. The van der Waals surface area contributed by atoms with Crippen LogP contribution >= 0.6 is 0 Å². The zero-order valence-corrected chi connectivity index (χ0v) is 9.39. The fourth-order valence-corrected chi connectivity index (χ4v) is 1.36. The van der Waals surface area contributed by atoms with Crippen LogP contribution in [0.4, 0.5) is 0 Å². The van der Waals surface area contributed by atoms with Crippen LogP contribution in [-0.2, 0) is 5.41 Å². The number of rotatable bonds is 1. The summed E-state index contributed by atoms with van der Waals surface area (Å²) in [6, 6.07) is 8.91. The highest BCUT2D eigenvalue weighted by Crippen LogP contribution is 2.25. The molecule has 0 heteroatoms. The molecule has 0 aliphatic heterocycles. The lowest BCUT2D eigenvalue weighted by Crippen LogP contribution is -2.11. The summed E-state index contributed by atoms with van der Waals surface area (Å²) in [4.78, 5) is 0. The molecule has 0 heterocycles. The molecule has 0 saturated heterocycles. The predicted molar refractivity (Wildman–Crippen MR) is 59.2 cm³/mol. The molecule has 1 aromatic rings. The van der Waals surface area contributed by atoms with Gasteiger partial charge >= 0.3 is 0 Å². The van der Waals surface area contributed by atoms with Crippen molar-refractivity contribution >= 4 is 0 Å². The fourth-order valence-electron chi connectivity index (χ4n) is 1.36. The highest BCUT2D eigenvalue weighted by molar-refractivity contribution is 5.30. The molecule has 13 heavy (non-hydrogen) atoms. The molecule has 0 nitrogen and oxygen atoms in total. The Hall–Kier alpha value is -0.780. The van der Waals surface area contributed by atoms with Crippen molar-refractivity contribution in [2.24, 2.45) is 0 Å². The van der Waals surface area contributed by atoms with Crippen LogP contribution in [0.5, 0.6) is 0 Å². The average molecular weight is 176 g/mol. The molecule has 0 saturated carbocycles. The van der Waals surface area contributed by atoms with E-state index in [9.17, 15) is 0 Å². The third-order valence-electron chi connectivity index (χ3n) is 2.42. The van der Waals surface area contributed by atoms with Crippen LogP contribution in [0, 0.1) is 0 Å². The van der Waals surface area contributed by atoms with E-state index in [1.165, 1.54) is 11.1 Å². The summed E-state index contributed by atoms with van der Waals surface area (Å²) >= 11 is 0. The van der Waals surface area contributed by atoms with Crippen molar-refractivity contribution in [3.8, 4) is 0 Å². The van der Waals surface area contributed by atoms with Gasteiger partial charge in [-0.3, -0.25) is 0 Å². The maximum atomic E-state index is 2.32. The molecule has 1 rings (SSSR count). The molecule has 0 aliphatic rings. The molecule has 0 atom stereocenters. The second-order valence-electron chi connectivity index (χ2n) is 5.03. The van der Waals surface area contributed by atoms with Gasteiger partial charge in [-0.2, -0.15) is 0 Å². The van der Waals surface area contributed by atoms with Gasteiger partial charge in [0.1, 0.15) is 0 Å². The van der Waals surface area contributed by atoms with E-state index in [0.29, 0.717) is 5.92 Å². The van der Waals surface area contributed by atoms with Gasteiger partial charge in [-0.25, -0.2) is 0 Å². The molecule has 0 spiro atoms. The average Bonchev–Trinajstić information content (AvgIpc) is 2.03. The van der Waals surface area contributed by atoms with Crippen LogP contribution < -0.4 is 0 Å². The quantitative estimate of drug-likeness (QED) is 0.604. The molecule has 0 radical (unpaired) electrons. The number of hydrogen-bond donors (Lipinski definition) is 0. The van der Waals surface area contributed by atoms with E-state index in [0.717, 1.165) is 0 Å². The number of hydrogen-bond acceptors (Lipinski definition) is 0. The normalized spacial score (nSPS) is 12.2. The van der Waals surface area contributed by atoms with E-state index in [4.69, 9.17) is 0 Å². The third-order valence-corrected chi connectivity index (χ3v) is 2.42. The van der Waals surface area contributed by atoms with E-state index in [1.54, 1.807) is 0 Å². The first kappa shape index (κ1) is 10.3. The van der Waals surface area contributed by atoms with E-state index in [-0.39, 0.29) is 5.41 Å². The summed E-state index contributed by atoms with van der Waals surface area (Å²) in [6.45, 7) is 11.2. The summed E-state index contributed by atoms with van der Waals surface area (Å²) in [5.74, 6) is 0.627. The van der Waals surface area contributed by atoms with Gasteiger partial charge in [-0.1, -0.05) is 58.9 Å². The van der Waals surface area contributed by atoms with Gasteiger partial charge in [-0.15, -0.1) is 0 Å². The zero-order valence-electron chi connectivity index (χ0n) is 9.39. The van der Waals surface area contributed by atoms with Crippen LogP contribution in [0.3, 0.4) is 0 Å². The molecule has 72 valence electrons. The predicted octanol–water partition coefficient (Wildman–Crippen LogP) is 4.11. The molecule has 0 aromatic heterocycles. The Bertz CT molecular complexity index is 276. The monoisotopic (exact) mass is 176 g/mol. The maximum Gasteiger partial charge on any atom is -0.0132 e. The Morgan fingerprint density at radius 2 is 1.69 bits per heavy atom. The van der Waals surface area contributed by atoms with Crippen LogP contribution in [0.25, 0.3) is 0 Å². The van der Waals surface area contributed by atoms with Crippen molar-refractivity contribution in [2.75, 3.05) is 0 Å². The van der Waals surface area contributed by atoms with E-state index >= 15 is 0 Å². The van der Waals surface area contributed by atoms with Crippen molar-refractivity contribution in [1.29, 1.82) is 0 Å². The van der Waals surface area contributed by atoms with Crippen LogP contribution in [-0.4, -0.2) is 0 Å². The molecule has 0 N–H and O–H groups in total. The summed E-state index contributed by atoms with van der Waals surface area (Å²) in [6.07, 6.45) is 0. The van der Waals surface area contributed by atoms with E-state index in [1.807, 2.05) is 0 Å². The largest absolute Gasteiger partial charge is 0.0617 e. The highest BCUT2D eigenvalue weighted by atomic mass is 14.2. The molecule has 0 amide bonds. The lowest BCUT2D eigenvalue weighted by atomic mass is 9.85. The smallest absolute Gasteiger partial charge is 0.0132 e. The molecule has 0 fully saturated rings. The lowest BCUT2D eigenvalue weighted by Gasteiger charge is -2.20. The van der Waals surface area contributed by atoms with Crippen molar-refractivity contribution in [2.45, 2.75) is 46.0 Å². The minimum atomic E-state index is 0.269. The minimum absolute atomic E-state index is 0.269. The van der Waals surface area contributed by atoms with Gasteiger partial charge in [0.05, 0.1) is 0 Å². The first-order valence-electron chi connectivity index (χ1n) is 5.01. The molecular weight excluding hydrogens is 156 g/mol. The molecular formula is C13H20. The van der Waals surface area contributed by atoms with Gasteiger partial charge < -0.3 is 0 Å². The van der Waals surface area contributed by atoms with Crippen LogP contribution in [0.2, 0.25) is 0 Å². The summed E-state index contributed by atoms with van der Waals surface area (Å²) in [5.41, 5.74) is 3.14. The molecule has 1 aromatic carbocycles. The summed E-state index contributed by atoms with van der Waals surface area (Å²) in [5, 5.41) is 0. The van der Waals surface area contributed by atoms with Crippen molar-refractivity contribution in [3.05, 3.63) is 35.4 Å².